The van der Waals surface area contributed by atoms with E-state index in [0.717, 1.165) is 28.2 Å². The summed E-state index contributed by atoms with van der Waals surface area (Å²) >= 11 is 0. The van der Waals surface area contributed by atoms with Crippen LogP contribution in [0, 0.1) is 0 Å². The molecule has 2 N–H and O–H groups in total. The number of alkyl halides is 3. The second kappa shape index (κ2) is 7.71. The Bertz CT molecular complexity index is 888. The van der Waals surface area contributed by atoms with Crippen LogP contribution in [0.1, 0.15) is 11.1 Å². The second-order valence-corrected chi connectivity index (χ2v) is 5.94. The first kappa shape index (κ1) is 18.8. The van der Waals surface area contributed by atoms with Gasteiger partial charge in [0.05, 0.1) is 12.3 Å². The van der Waals surface area contributed by atoms with Gasteiger partial charge >= 0.3 is 6.36 Å². The fourth-order valence-corrected chi connectivity index (χ4v) is 2.56. The van der Waals surface area contributed by atoms with Crippen LogP contribution in [0.4, 0.5) is 19.0 Å². The summed E-state index contributed by atoms with van der Waals surface area (Å²) in [4.78, 5) is 0. The maximum atomic E-state index is 12.2. The number of aliphatic hydroxyl groups excluding tert-OH is 1. The van der Waals surface area contributed by atoms with Crippen molar-refractivity contribution in [3.63, 3.8) is 0 Å². The van der Waals surface area contributed by atoms with Gasteiger partial charge in [-0.3, -0.25) is 4.68 Å². The van der Waals surface area contributed by atoms with E-state index in [1.54, 1.807) is 23.9 Å². The van der Waals surface area contributed by atoms with E-state index in [1.165, 1.54) is 12.1 Å². The first-order chi connectivity index (χ1) is 12.8. The monoisotopic (exact) mass is 377 g/mol. The third-order valence-corrected chi connectivity index (χ3v) is 3.94. The van der Waals surface area contributed by atoms with Crippen LogP contribution in [0.25, 0.3) is 11.3 Å². The first-order valence-electron chi connectivity index (χ1n) is 8.17. The maximum Gasteiger partial charge on any atom is 0.573 e. The van der Waals surface area contributed by atoms with Gasteiger partial charge in [-0.15, -0.1) is 13.2 Å². The van der Waals surface area contributed by atoms with Gasteiger partial charge in [0, 0.05) is 25.2 Å². The number of nitrogens with one attached hydrogen (secondary N) is 1. The van der Waals surface area contributed by atoms with Gasteiger partial charge in [0.25, 0.3) is 0 Å². The molecule has 2 aromatic carbocycles. The Morgan fingerprint density at radius 1 is 1.04 bits per heavy atom. The zero-order chi connectivity index (χ0) is 19.4. The third-order valence-electron chi connectivity index (χ3n) is 3.94. The largest absolute Gasteiger partial charge is 0.573 e. The van der Waals surface area contributed by atoms with Crippen molar-refractivity contribution in [2.45, 2.75) is 19.5 Å². The number of hydrogen-bond acceptors (Lipinski definition) is 4. The number of hydrogen-bond donors (Lipinski definition) is 2. The number of anilines is 1. The molecule has 142 valence electrons. The second-order valence-electron chi connectivity index (χ2n) is 5.94. The summed E-state index contributed by atoms with van der Waals surface area (Å²) in [6.07, 6.45) is -4.69. The molecule has 3 aromatic rings. The highest BCUT2D eigenvalue weighted by Crippen LogP contribution is 2.24. The van der Waals surface area contributed by atoms with E-state index >= 15 is 0 Å². The highest BCUT2D eigenvalue weighted by molar-refractivity contribution is 5.63. The summed E-state index contributed by atoms with van der Waals surface area (Å²) in [5.74, 6) is 0.521. The van der Waals surface area contributed by atoms with Crippen molar-refractivity contribution < 1.29 is 23.0 Å². The van der Waals surface area contributed by atoms with Crippen molar-refractivity contribution in [1.29, 1.82) is 0 Å². The molecule has 0 radical (unpaired) electrons. The van der Waals surface area contributed by atoms with Crippen LogP contribution in [-0.4, -0.2) is 21.2 Å². The Kier molecular flexibility index (Phi) is 5.36. The summed E-state index contributed by atoms with van der Waals surface area (Å²) in [6.45, 7) is 0.414. The highest BCUT2D eigenvalue weighted by Gasteiger charge is 2.30. The van der Waals surface area contributed by atoms with Gasteiger partial charge in [-0.2, -0.15) is 5.10 Å². The number of rotatable bonds is 6. The van der Waals surface area contributed by atoms with Gasteiger partial charge in [-0.25, -0.2) is 0 Å². The maximum absolute atomic E-state index is 12.2. The quantitative estimate of drug-likeness (QED) is 0.679. The molecule has 0 fully saturated rings. The molecule has 0 bridgehead atoms. The minimum absolute atomic E-state index is 0.0118. The topological polar surface area (TPSA) is 59.3 Å². The number of benzene rings is 2. The van der Waals surface area contributed by atoms with Crippen molar-refractivity contribution in [3.8, 4) is 17.0 Å². The third kappa shape index (κ3) is 5.01. The fourth-order valence-electron chi connectivity index (χ4n) is 2.56. The van der Waals surface area contributed by atoms with E-state index in [1.807, 2.05) is 30.3 Å². The zero-order valence-corrected chi connectivity index (χ0v) is 14.5. The van der Waals surface area contributed by atoms with E-state index in [0.29, 0.717) is 6.54 Å². The molecule has 8 heteroatoms. The molecule has 1 aromatic heterocycles. The van der Waals surface area contributed by atoms with E-state index in [2.05, 4.69) is 15.2 Å². The molecule has 0 spiro atoms. The smallest absolute Gasteiger partial charge is 0.406 e. The number of aromatic nitrogens is 2. The summed E-state index contributed by atoms with van der Waals surface area (Å²) in [5.41, 5.74) is 3.33. The molecule has 0 aliphatic heterocycles. The Hall–Kier alpha value is -3.00. The normalized spacial score (nSPS) is 11.4. The number of aliphatic hydroxyl groups is 1. The Morgan fingerprint density at radius 2 is 1.67 bits per heavy atom. The molecule has 0 saturated heterocycles. The molecule has 3 rings (SSSR count). The van der Waals surface area contributed by atoms with Crippen molar-refractivity contribution in [3.05, 3.63) is 65.7 Å². The molecular formula is C19H18F3N3O2. The lowest BCUT2D eigenvalue weighted by Crippen LogP contribution is -2.17. The van der Waals surface area contributed by atoms with Gasteiger partial charge in [-0.1, -0.05) is 36.4 Å². The van der Waals surface area contributed by atoms with Crippen LogP contribution in [0.2, 0.25) is 0 Å². The standard InChI is InChI=1S/C19H18F3N3O2/c1-25-18(10-17(24-25)15-6-2-14(12-26)3-7-15)23-11-13-4-8-16(9-5-13)27-19(20,21)22/h2-10,23,26H,11-12H2,1H3. The number of ether oxygens (including phenoxy) is 1. The molecule has 1 heterocycles. The zero-order valence-electron chi connectivity index (χ0n) is 14.5. The van der Waals surface area contributed by atoms with Gasteiger partial charge in [0.15, 0.2) is 0 Å². The van der Waals surface area contributed by atoms with Crippen molar-refractivity contribution in [2.75, 3.05) is 5.32 Å². The molecular weight excluding hydrogens is 359 g/mol. The lowest BCUT2D eigenvalue weighted by atomic mass is 10.1. The molecule has 27 heavy (non-hydrogen) atoms. The average molecular weight is 377 g/mol. The van der Waals surface area contributed by atoms with E-state index in [-0.39, 0.29) is 12.4 Å². The Morgan fingerprint density at radius 3 is 2.26 bits per heavy atom. The molecule has 5 nitrogen and oxygen atoms in total. The van der Waals surface area contributed by atoms with Gasteiger partial charge in [0.1, 0.15) is 11.6 Å². The molecule has 0 atom stereocenters. The van der Waals surface area contributed by atoms with E-state index < -0.39 is 6.36 Å². The molecule has 0 amide bonds. The number of halogens is 3. The molecule has 0 aliphatic carbocycles. The van der Waals surface area contributed by atoms with Crippen LogP contribution in [0.3, 0.4) is 0 Å². The minimum atomic E-state index is -4.69. The van der Waals surface area contributed by atoms with Crippen LogP contribution in [0.15, 0.2) is 54.6 Å². The lowest BCUT2D eigenvalue weighted by molar-refractivity contribution is -0.274. The Balaban J connectivity index is 1.65. The summed E-state index contributed by atoms with van der Waals surface area (Å²) in [5, 5.41) is 16.8. The van der Waals surface area contributed by atoms with Crippen molar-refractivity contribution in [2.24, 2.45) is 7.05 Å². The number of aryl methyl sites for hydroxylation is 1. The summed E-state index contributed by atoms with van der Waals surface area (Å²) < 4.78 is 42.1. The van der Waals surface area contributed by atoms with Gasteiger partial charge in [0.2, 0.25) is 0 Å². The predicted molar refractivity (Wildman–Crippen MR) is 95.0 cm³/mol. The van der Waals surface area contributed by atoms with Crippen LogP contribution < -0.4 is 10.1 Å². The summed E-state index contributed by atoms with van der Waals surface area (Å²) in [7, 11) is 1.80. The van der Waals surface area contributed by atoms with E-state index in [4.69, 9.17) is 5.11 Å². The highest BCUT2D eigenvalue weighted by atomic mass is 19.4. The average Bonchev–Trinajstić information content (AvgIpc) is 3.01. The fraction of sp³-hybridized carbons (Fsp3) is 0.211. The van der Waals surface area contributed by atoms with E-state index in [9.17, 15) is 13.2 Å². The number of nitrogens with zero attached hydrogens (tertiary/aromatic N) is 2. The predicted octanol–water partition coefficient (Wildman–Crippen LogP) is 4.09. The van der Waals surface area contributed by atoms with Gasteiger partial charge in [-0.05, 0) is 23.3 Å². The van der Waals surface area contributed by atoms with Crippen LogP contribution >= 0.6 is 0 Å². The minimum Gasteiger partial charge on any atom is -0.406 e. The van der Waals surface area contributed by atoms with Gasteiger partial charge < -0.3 is 15.2 Å². The SMILES string of the molecule is Cn1nc(-c2ccc(CO)cc2)cc1NCc1ccc(OC(F)(F)F)cc1. The molecule has 0 unspecified atom stereocenters. The van der Waals surface area contributed by atoms with Crippen LogP contribution in [-0.2, 0) is 20.2 Å². The lowest BCUT2D eigenvalue weighted by Gasteiger charge is -2.10. The van der Waals surface area contributed by atoms with Crippen molar-refractivity contribution >= 4 is 5.82 Å². The first-order valence-corrected chi connectivity index (χ1v) is 8.17. The van der Waals surface area contributed by atoms with Crippen LogP contribution in [0.5, 0.6) is 5.75 Å². The summed E-state index contributed by atoms with van der Waals surface area (Å²) in [6, 6.07) is 15.0. The molecule has 0 aliphatic rings. The van der Waals surface area contributed by atoms with Crippen molar-refractivity contribution in [1.82, 2.24) is 9.78 Å². The Labute approximate surface area is 154 Å². The molecule has 0 saturated carbocycles.